The van der Waals surface area contributed by atoms with Crippen LogP contribution in [0.3, 0.4) is 0 Å². The Balaban J connectivity index is 1.27. The average molecular weight is 464 g/mol. The van der Waals surface area contributed by atoms with Crippen LogP contribution in [-0.4, -0.2) is 28.5 Å². The number of hydrogen-bond donors (Lipinski definition) is 1. The normalized spacial score (nSPS) is 11.1. The highest BCUT2D eigenvalue weighted by Gasteiger charge is 2.13. The van der Waals surface area contributed by atoms with E-state index >= 15 is 0 Å². The van der Waals surface area contributed by atoms with Crippen molar-refractivity contribution in [2.75, 3.05) is 6.61 Å². The van der Waals surface area contributed by atoms with Gasteiger partial charge in [-0.15, -0.1) is 0 Å². The first kappa shape index (κ1) is 21.8. The first-order chi connectivity index (χ1) is 17.2. The Morgan fingerprint density at radius 3 is 2.66 bits per heavy atom. The zero-order chi connectivity index (χ0) is 24.0. The van der Waals surface area contributed by atoms with Crippen LogP contribution in [0.4, 0.5) is 0 Å². The number of nitrogens with zero attached hydrogens (tertiary/aromatic N) is 3. The Hall–Kier alpha value is -4.98. The van der Waals surface area contributed by atoms with Gasteiger partial charge in [-0.3, -0.25) is 9.59 Å². The number of ether oxygens (including phenoxy) is 1. The van der Waals surface area contributed by atoms with E-state index in [9.17, 15) is 9.59 Å². The van der Waals surface area contributed by atoms with Gasteiger partial charge in [-0.25, -0.2) is 10.1 Å². The molecule has 0 saturated heterocycles. The third-order valence-electron chi connectivity index (χ3n) is 5.26. The van der Waals surface area contributed by atoms with Crippen LogP contribution in [0.2, 0.25) is 0 Å². The maximum Gasteiger partial charge on any atom is 0.277 e. The second-order valence-electron chi connectivity index (χ2n) is 7.56. The molecule has 2 heterocycles. The van der Waals surface area contributed by atoms with Gasteiger partial charge in [-0.1, -0.05) is 42.5 Å². The van der Waals surface area contributed by atoms with Crippen LogP contribution in [0.5, 0.6) is 5.75 Å². The zero-order valence-corrected chi connectivity index (χ0v) is 18.5. The summed E-state index contributed by atoms with van der Waals surface area (Å²) in [6.45, 7) is -0.264. The van der Waals surface area contributed by atoms with Crippen LogP contribution < -0.4 is 15.6 Å². The highest BCUT2D eigenvalue weighted by Crippen LogP contribution is 2.31. The minimum atomic E-state index is -0.474. The summed E-state index contributed by atoms with van der Waals surface area (Å²) in [5, 5.41) is 8.73. The molecule has 3 aromatic carbocycles. The van der Waals surface area contributed by atoms with Crippen molar-refractivity contribution >= 4 is 23.1 Å². The topological polar surface area (TPSA) is 98.7 Å². The molecule has 0 bridgehead atoms. The van der Waals surface area contributed by atoms with E-state index in [-0.39, 0.29) is 17.6 Å². The van der Waals surface area contributed by atoms with E-state index in [4.69, 9.17) is 9.15 Å². The van der Waals surface area contributed by atoms with Crippen molar-refractivity contribution in [1.82, 2.24) is 15.2 Å². The summed E-state index contributed by atoms with van der Waals surface area (Å²) in [7, 11) is 0. The molecule has 0 atom stereocenters. The highest BCUT2D eigenvalue weighted by molar-refractivity contribution is 5.87. The summed E-state index contributed by atoms with van der Waals surface area (Å²) in [6.07, 6.45) is 4.27. The molecule has 0 aliphatic heterocycles. The van der Waals surface area contributed by atoms with Gasteiger partial charge in [-0.05, 0) is 42.5 Å². The summed E-state index contributed by atoms with van der Waals surface area (Å²) in [5.41, 5.74) is 5.38. The molecule has 8 nitrogen and oxygen atoms in total. The lowest BCUT2D eigenvalue weighted by Gasteiger charge is -2.12. The minimum Gasteiger partial charge on any atom is -0.483 e. The summed E-state index contributed by atoms with van der Waals surface area (Å²) < 4.78 is 13.0. The molecule has 8 heteroatoms. The number of hydrazone groups is 1. The Morgan fingerprint density at radius 1 is 1.00 bits per heavy atom. The third-order valence-corrected chi connectivity index (χ3v) is 5.26. The number of aromatic nitrogens is 2. The number of benzene rings is 3. The smallest absolute Gasteiger partial charge is 0.277 e. The van der Waals surface area contributed by atoms with E-state index in [2.05, 4.69) is 15.6 Å². The first-order valence-electron chi connectivity index (χ1n) is 10.8. The van der Waals surface area contributed by atoms with E-state index in [1.807, 2.05) is 59.3 Å². The molecule has 0 saturated carbocycles. The fraction of sp³-hybridized carbons (Fsp3) is 0.0370. The number of rotatable bonds is 7. The van der Waals surface area contributed by atoms with Gasteiger partial charge >= 0.3 is 0 Å². The Morgan fingerprint density at radius 2 is 1.77 bits per heavy atom. The first-order valence-corrected chi connectivity index (χ1v) is 10.8. The summed E-state index contributed by atoms with van der Waals surface area (Å²) in [4.78, 5) is 24.8. The molecule has 172 valence electrons. The number of hydrogen-bond acceptors (Lipinski definition) is 6. The average Bonchev–Trinajstić information content (AvgIpc) is 3.39. The molecule has 0 radical (unpaired) electrons. The lowest BCUT2D eigenvalue weighted by atomic mass is 10.1. The Labute approximate surface area is 200 Å². The van der Waals surface area contributed by atoms with Gasteiger partial charge in [0, 0.05) is 5.56 Å². The monoisotopic (exact) mass is 464 g/mol. The van der Waals surface area contributed by atoms with Crippen molar-refractivity contribution in [2.45, 2.75) is 0 Å². The fourth-order valence-electron chi connectivity index (χ4n) is 3.62. The van der Waals surface area contributed by atoms with Gasteiger partial charge in [0.1, 0.15) is 17.6 Å². The van der Waals surface area contributed by atoms with E-state index in [1.165, 1.54) is 12.5 Å². The number of amides is 1. The van der Waals surface area contributed by atoms with Crippen LogP contribution in [0.1, 0.15) is 5.56 Å². The maximum atomic E-state index is 12.5. The molecular weight excluding hydrogens is 444 g/mol. The standard InChI is InChI=1S/C27H20N4O4/c32-26(30-28-16-19-17-34-25-13-7-5-11-22(25)27(19)33)18-35-24-12-6-4-10-21(24)23-14-15-29-31(23)20-8-2-1-3-9-20/h1-17H,18H2,(H,30,32)/b28-16+. The molecule has 35 heavy (non-hydrogen) atoms. The lowest BCUT2D eigenvalue weighted by Crippen LogP contribution is -2.25. The van der Waals surface area contributed by atoms with Crippen LogP contribution >= 0.6 is 0 Å². The molecule has 1 N–H and O–H groups in total. The number of para-hydroxylation sites is 3. The van der Waals surface area contributed by atoms with Crippen LogP contribution in [0.25, 0.3) is 27.9 Å². The maximum absolute atomic E-state index is 12.5. The van der Waals surface area contributed by atoms with Gasteiger partial charge in [0.2, 0.25) is 5.43 Å². The zero-order valence-electron chi connectivity index (χ0n) is 18.5. The van der Waals surface area contributed by atoms with E-state index < -0.39 is 5.91 Å². The number of carbonyl (C=O) groups excluding carboxylic acids is 1. The lowest BCUT2D eigenvalue weighted by molar-refractivity contribution is -0.123. The van der Waals surface area contributed by atoms with Crippen molar-refractivity contribution in [3.05, 3.63) is 113 Å². The van der Waals surface area contributed by atoms with Crippen LogP contribution in [0, 0.1) is 0 Å². The second-order valence-corrected chi connectivity index (χ2v) is 7.56. The van der Waals surface area contributed by atoms with Gasteiger partial charge in [0.25, 0.3) is 5.91 Å². The SMILES string of the molecule is O=C(COc1ccccc1-c1ccnn1-c1ccccc1)N/N=C/c1coc2ccccc2c1=O. The quantitative estimate of drug-likeness (QED) is 0.288. The van der Waals surface area contributed by atoms with Crippen molar-refractivity contribution in [2.24, 2.45) is 5.10 Å². The highest BCUT2D eigenvalue weighted by atomic mass is 16.5. The molecule has 2 aromatic heterocycles. The third kappa shape index (κ3) is 4.72. The molecule has 5 rings (SSSR count). The van der Waals surface area contributed by atoms with Crippen molar-refractivity contribution in [1.29, 1.82) is 0 Å². The number of nitrogens with one attached hydrogen (secondary N) is 1. The molecule has 0 spiro atoms. The van der Waals surface area contributed by atoms with Crippen LogP contribution in [0.15, 0.2) is 112 Å². The summed E-state index contributed by atoms with van der Waals surface area (Å²) in [5.74, 6) is 0.0530. The summed E-state index contributed by atoms with van der Waals surface area (Å²) >= 11 is 0. The number of carbonyl (C=O) groups is 1. The number of fused-ring (bicyclic) bond motifs is 1. The Bertz CT molecular complexity index is 1570. The van der Waals surface area contributed by atoms with Crippen molar-refractivity contribution < 1.29 is 13.9 Å². The molecule has 5 aromatic rings. The summed E-state index contributed by atoms with van der Waals surface area (Å²) in [6, 6.07) is 26.0. The van der Waals surface area contributed by atoms with Crippen molar-refractivity contribution in [3.63, 3.8) is 0 Å². The van der Waals surface area contributed by atoms with Crippen molar-refractivity contribution in [3.8, 4) is 22.7 Å². The van der Waals surface area contributed by atoms with Crippen LogP contribution in [-0.2, 0) is 4.79 Å². The molecular formula is C27H20N4O4. The molecule has 0 aliphatic carbocycles. The fourth-order valence-corrected chi connectivity index (χ4v) is 3.62. The second kappa shape index (κ2) is 9.88. The van der Waals surface area contributed by atoms with E-state index in [1.54, 1.807) is 36.5 Å². The predicted octanol–water partition coefficient (Wildman–Crippen LogP) is 4.17. The molecule has 0 fully saturated rings. The molecule has 0 unspecified atom stereocenters. The van der Waals surface area contributed by atoms with Gasteiger partial charge < -0.3 is 9.15 Å². The van der Waals surface area contributed by atoms with Gasteiger partial charge in [-0.2, -0.15) is 10.2 Å². The molecule has 1 amide bonds. The molecule has 0 aliphatic rings. The minimum absolute atomic E-state index is 0.226. The largest absolute Gasteiger partial charge is 0.483 e. The predicted molar refractivity (Wildman–Crippen MR) is 133 cm³/mol. The van der Waals surface area contributed by atoms with Gasteiger partial charge in [0.15, 0.2) is 6.61 Å². The van der Waals surface area contributed by atoms with E-state index in [0.29, 0.717) is 16.7 Å². The van der Waals surface area contributed by atoms with Gasteiger partial charge in [0.05, 0.1) is 34.7 Å². The van der Waals surface area contributed by atoms with E-state index in [0.717, 1.165) is 16.9 Å². The Kier molecular flexibility index (Phi) is 6.17.